The number of aromatic nitrogens is 1. The predicted molar refractivity (Wildman–Crippen MR) is 169 cm³/mol. The molecule has 0 unspecified atom stereocenters. The fourth-order valence-electron chi connectivity index (χ4n) is 4.65. The van der Waals surface area contributed by atoms with Gasteiger partial charge in [0.1, 0.15) is 12.4 Å². The third kappa shape index (κ3) is 6.94. The summed E-state index contributed by atoms with van der Waals surface area (Å²) in [6.45, 7) is 1.42. The number of alkyl halides is 3. The van der Waals surface area contributed by atoms with Crippen LogP contribution < -0.4 is 24.4 Å². The third-order valence-corrected chi connectivity index (χ3v) is 8.66. The molecule has 4 aromatic rings. The molecule has 1 atom stereocenters. The standard InChI is InChI=1S/C31H22ClF4IN2O5S/c1-3-43-29(41)24-25(18-6-8-19(32)9-7-18)39-28(40)23(45-30(39)38-27(24)31(34,35)36)14-17-12-21(37)26(22(13-17)42-2)44-15-16-4-10-20(33)11-5-16/h4-14,25H,3,15H2,1-2H3/b23-14-/t25-/m0/s1. The van der Waals surface area contributed by atoms with E-state index in [1.54, 1.807) is 24.3 Å². The van der Waals surface area contributed by atoms with Crippen LogP contribution in [-0.2, 0) is 16.1 Å². The average molecular weight is 773 g/mol. The van der Waals surface area contributed by atoms with E-state index in [9.17, 15) is 27.2 Å². The highest BCUT2D eigenvalue weighted by Gasteiger charge is 2.45. The number of esters is 1. The Kier molecular flexibility index (Phi) is 9.70. The molecule has 3 aromatic carbocycles. The lowest BCUT2D eigenvalue weighted by atomic mass is 9.95. The molecule has 14 heteroatoms. The minimum atomic E-state index is -5.02. The number of hydrogen-bond acceptors (Lipinski definition) is 7. The van der Waals surface area contributed by atoms with Crippen LogP contribution in [0.3, 0.4) is 0 Å². The van der Waals surface area contributed by atoms with Crippen molar-refractivity contribution in [2.45, 2.75) is 25.7 Å². The van der Waals surface area contributed by atoms with Gasteiger partial charge in [-0.3, -0.25) is 9.36 Å². The monoisotopic (exact) mass is 772 g/mol. The number of benzene rings is 3. The minimum Gasteiger partial charge on any atom is -0.493 e. The second-order valence-corrected chi connectivity index (χ2v) is 12.2. The Morgan fingerprint density at radius 2 is 1.82 bits per heavy atom. The average Bonchev–Trinajstić information content (AvgIpc) is 3.30. The van der Waals surface area contributed by atoms with Gasteiger partial charge in [0.25, 0.3) is 5.56 Å². The number of fused-ring (bicyclic) bond motifs is 1. The number of allylic oxidation sites excluding steroid dienone is 1. The van der Waals surface area contributed by atoms with Crippen LogP contribution in [-0.4, -0.2) is 30.4 Å². The highest BCUT2D eigenvalue weighted by molar-refractivity contribution is 14.1. The topological polar surface area (TPSA) is 79.1 Å². The molecule has 0 saturated carbocycles. The van der Waals surface area contributed by atoms with E-state index >= 15 is 0 Å². The lowest BCUT2D eigenvalue weighted by Crippen LogP contribution is -2.41. The lowest BCUT2D eigenvalue weighted by molar-refractivity contribution is -0.140. The van der Waals surface area contributed by atoms with Gasteiger partial charge in [0.15, 0.2) is 22.0 Å². The molecule has 0 spiro atoms. The van der Waals surface area contributed by atoms with E-state index in [1.807, 2.05) is 22.6 Å². The smallest absolute Gasteiger partial charge is 0.434 e. The van der Waals surface area contributed by atoms with Gasteiger partial charge in [-0.25, -0.2) is 14.2 Å². The number of methoxy groups -OCH3 is 1. The van der Waals surface area contributed by atoms with Gasteiger partial charge in [0.05, 0.1) is 33.4 Å². The summed E-state index contributed by atoms with van der Waals surface area (Å²) < 4.78 is 74.5. The molecule has 1 aliphatic heterocycles. The van der Waals surface area contributed by atoms with E-state index in [0.29, 0.717) is 25.7 Å². The summed E-state index contributed by atoms with van der Waals surface area (Å²) >= 11 is 8.81. The van der Waals surface area contributed by atoms with Gasteiger partial charge in [-0.15, -0.1) is 0 Å². The van der Waals surface area contributed by atoms with Crippen molar-refractivity contribution in [3.8, 4) is 11.5 Å². The van der Waals surface area contributed by atoms with E-state index in [2.05, 4.69) is 4.99 Å². The Labute approximate surface area is 276 Å². The molecule has 45 heavy (non-hydrogen) atoms. The molecule has 0 fully saturated rings. The largest absolute Gasteiger partial charge is 0.493 e. The molecule has 0 N–H and O–H groups in total. The third-order valence-electron chi connectivity index (χ3n) is 6.63. The SMILES string of the molecule is CCOC(=O)C1=C(C(F)(F)F)N=c2s/c(=C\c3cc(I)c(OCc4ccc(F)cc4)c(OC)c3)c(=O)n2[C@H]1c1ccc(Cl)cc1. The Balaban J connectivity index is 1.63. The van der Waals surface area contributed by atoms with Crippen molar-refractivity contribution in [1.82, 2.24) is 4.57 Å². The minimum absolute atomic E-state index is 0.0668. The van der Waals surface area contributed by atoms with Crippen molar-refractivity contribution >= 4 is 57.6 Å². The fourth-order valence-corrected chi connectivity index (χ4v) is 6.56. The number of rotatable bonds is 8. The van der Waals surface area contributed by atoms with Crippen LogP contribution in [0.25, 0.3) is 6.08 Å². The first kappa shape index (κ1) is 32.7. The number of nitrogens with zero attached hydrogens (tertiary/aromatic N) is 2. The lowest BCUT2D eigenvalue weighted by Gasteiger charge is -2.26. The molecule has 1 aliphatic rings. The summed E-state index contributed by atoms with van der Waals surface area (Å²) in [4.78, 5) is 30.4. The summed E-state index contributed by atoms with van der Waals surface area (Å²) in [6.07, 6.45) is -3.52. The summed E-state index contributed by atoms with van der Waals surface area (Å²) in [5.74, 6) is -0.853. The molecular formula is C31H22ClF4IN2O5S. The molecule has 1 aromatic heterocycles. The fraction of sp³-hybridized carbons (Fsp3) is 0.194. The zero-order chi connectivity index (χ0) is 32.5. The molecular weight excluding hydrogens is 751 g/mol. The first-order valence-electron chi connectivity index (χ1n) is 13.2. The predicted octanol–water partition coefficient (Wildman–Crippen LogP) is 6.33. The van der Waals surface area contributed by atoms with Crippen molar-refractivity contribution in [3.05, 3.63) is 123 Å². The number of carbonyl (C=O) groups is 1. The van der Waals surface area contributed by atoms with Gasteiger partial charge >= 0.3 is 12.1 Å². The Morgan fingerprint density at radius 3 is 2.44 bits per heavy atom. The maximum atomic E-state index is 14.3. The zero-order valence-electron chi connectivity index (χ0n) is 23.5. The molecule has 0 bridgehead atoms. The second kappa shape index (κ2) is 13.3. The van der Waals surface area contributed by atoms with E-state index < -0.39 is 35.0 Å². The van der Waals surface area contributed by atoms with Crippen molar-refractivity contribution in [2.24, 2.45) is 4.99 Å². The zero-order valence-corrected chi connectivity index (χ0v) is 27.2. The molecule has 0 saturated heterocycles. The van der Waals surface area contributed by atoms with Gasteiger partial charge in [-0.2, -0.15) is 13.2 Å². The van der Waals surface area contributed by atoms with E-state index in [4.69, 9.17) is 25.8 Å². The van der Waals surface area contributed by atoms with Gasteiger partial charge < -0.3 is 14.2 Å². The van der Waals surface area contributed by atoms with Gasteiger partial charge in [0, 0.05) is 5.02 Å². The molecule has 5 rings (SSSR count). The number of carbonyl (C=O) groups excluding carboxylic acids is 1. The van der Waals surface area contributed by atoms with E-state index in [-0.39, 0.29) is 33.9 Å². The van der Waals surface area contributed by atoms with Crippen LogP contribution >= 0.6 is 45.5 Å². The van der Waals surface area contributed by atoms with Crippen molar-refractivity contribution in [3.63, 3.8) is 0 Å². The number of thiazole rings is 1. The summed E-state index contributed by atoms with van der Waals surface area (Å²) in [7, 11) is 1.44. The molecule has 7 nitrogen and oxygen atoms in total. The number of halogens is 6. The van der Waals surface area contributed by atoms with Crippen molar-refractivity contribution < 1.29 is 36.6 Å². The molecule has 0 aliphatic carbocycles. The van der Waals surface area contributed by atoms with Gasteiger partial charge in [0.2, 0.25) is 0 Å². The van der Waals surface area contributed by atoms with Crippen LogP contribution in [0.5, 0.6) is 11.5 Å². The first-order chi connectivity index (χ1) is 21.4. The highest BCUT2D eigenvalue weighted by atomic mass is 127. The van der Waals surface area contributed by atoms with Crippen LogP contribution in [0.4, 0.5) is 17.6 Å². The molecule has 2 heterocycles. The van der Waals surface area contributed by atoms with Gasteiger partial charge in [-0.1, -0.05) is 47.2 Å². The van der Waals surface area contributed by atoms with Crippen LogP contribution in [0.1, 0.15) is 29.7 Å². The Hall–Kier alpha value is -3.69. The molecule has 234 valence electrons. The Bertz CT molecular complexity index is 1970. The normalized spacial score (nSPS) is 15.0. The second-order valence-electron chi connectivity index (χ2n) is 9.56. The van der Waals surface area contributed by atoms with Crippen molar-refractivity contribution in [2.75, 3.05) is 13.7 Å². The Morgan fingerprint density at radius 1 is 1.13 bits per heavy atom. The number of ether oxygens (including phenoxy) is 3. The number of hydrogen-bond donors (Lipinski definition) is 0. The quantitative estimate of drug-likeness (QED) is 0.119. The van der Waals surface area contributed by atoms with E-state index in [1.165, 1.54) is 56.5 Å². The summed E-state index contributed by atoms with van der Waals surface area (Å²) in [6, 6.07) is 13.5. The maximum Gasteiger partial charge on any atom is 0.434 e. The van der Waals surface area contributed by atoms with Crippen molar-refractivity contribution in [1.29, 1.82) is 0 Å². The maximum absolute atomic E-state index is 14.3. The van der Waals surface area contributed by atoms with Crippen LogP contribution in [0.15, 0.2) is 81.7 Å². The summed E-state index contributed by atoms with van der Waals surface area (Å²) in [5, 5.41) is 0.317. The van der Waals surface area contributed by atoms with Gasteiger partial charge in [-0.05, 0) is 88.7 Å². The molecule has 0 amide bonds. The molecule has 0 radical (unpaired) electrons. The van der Waals surface area contributed by atoms with E-state index in [0.717, 1.165) is 21.5 Å². The van der Waals surface area contributed by atoms with Crippen LogP contribution in [0.2, 0.25) is 5.02 Å². The highest BCUT2D eigenvalue weighted by Crippen LogP contribution is 2.39. The first-order valence-corrected chi connectivity index (χ1v) is 15.5. The van der Waals surface area contributed by atoms with Crippen LogP contribution in [0, 0.1) is 9.39 Å². The summed E-state index contributed by atoms with van der Waals surface area (Å²) in [5.41, 5.74) is -1.45.